The van der Waals surface area contributed by atoms with Crippen LogP contribution in [0.1, 0.15) is 11.1 Å². The molecule has 1 aliphatic heterocycles. The van der Waals surface area contributed by atoms with Crippen molar-refractivity contribution >= 4 is 58.4 Å². The van der Waals surface area contributed by atoms with Crippen molar-refractivity contribution < 1.29 is 17.2 Å². The first kappa shape index (κ1) is 23.7. The highest BCUT2D eigenvalue weighted by Gasteiger charge is 2.35. The summed E-state index contributed by atoms with van der Waals surface area (Å²) in [6, 6.07) is 7.17. The molecule has 0 bridgehead atoms. The topological polar surface area (TPSA) is 53.5 Å². The quantitative estimate of drug-likeness (QED) is 0.355. The average Bonchev–Trinajstić information content (AvgIpc) is 3.22. The second-order valence-electron chi connectivity index (χ2n) is 7.58. The second-order valence-corrected chi connectivity index (χ2v) is 11.9. The van der Waals surface area contributed by atoms with Crippen LogP contribution in [-0.2, 0) is 10.0 Å². The molecule has 1 fully saturated rings. The van der Waals surface area contributed by atoms with Crippen molar-refractivity contribution in [3.8, 4) is 11.3 Å². The van der Waals surface area contributed by atoms with Gasteiger partial charge in [0.2, 0.25) is 10.0 Å². The molecule has 0 amide bonds. The van der Waals surface area contributed by atoms with Gasteiger partial charge in [-0.15, -0.1) is 11.3 Å². The normalized spacial score (nSPS) is 15.4. The molecular formula is C21H19Br2F2N3O2S2. The Morgan fingerprint density at radius 2 is 1.62 bits per heavy atom. The van der Waals surface area contributed by atoms with Crippen molar-refractivity contribution in [1.29, 1.82) is 0 Å². The maximum absolute atomic E-state index is 14.6. The Bertz CT molecular complexity index is 1240. The van der Waals surface area contributed by atoms with Crippen LogP contribution in [0.4, 0.5) is 13.9 Å². The zero-order chi connectivity index (χ0) is 23.2. The summed E-state index contributed by atoms with van der Waals surface area (Å²) >= 11 is 7.27. The number of piperazine rings is 1. The minimum atomic E-state index is -4.22. The van der Waals surface area contributed by atoms with Gasteiger partial charge in [-0.05, 0) is 63.9 Å². The third-order valence-corrected chi connectivity index (χ3v) is 9.65. The van der Waals surface area contributed by atoms with Gasteiger partial charge < -0.3 is 4.90 Å². The lowest BCUT2D eigenvalue weighted by molar-refractivity contribution is 0.381. The molecule has 0 atom stereocenters. The van der Waals surface area contributed by atoms with Crippen molar-refractivity contribution in [2.24, 2.45) is 0 Å². The lowest BCUT2D eigenvalue weighted by Gasteiger charge is -2.34. The van der Waals surface area contributed by atoms with E-state index in [4.69, 9.17) is 4.98 Å². The number of rotatable bonds is 4. The molecule has 2 aromatic carbocycles. The average molecular weight is 607 g/mol. The van der Waals surface area contributed by atoms with E-state index in [2.05, 4.69) is 50.1 Å². The Hall–Kier alpha value is -1.40. The molecule has 2 heterocycles. The third kappa shape index (κ3) is 4.50. The summed E-state index contributed by atoms with van der Waals surface area (Å²) in [7, 11) is -4.22. The van der Waals surface area contributed by atoms with Gasteiger partial charge in [0.1, 0.15) is 10.7 Å². The summed E-state index contributed by atoms with van der Waals surface area (Å²) in [5.74, 6) is -1.86. The van der Waals surface area contributed by atoms with E-state index in [9.17, 15) is 17.2 Å². The van der Waals surface area contributed by atoms with Crippen LogP contribution in [0.2, 0.25) is 0 Å². The molecule has 170 valence electrons. The molecule has 1 aromatic heterocycles. The van der Waals surface area contributed by atoms with E-state index in [0.717, 1.165) is 33.6 Å². The highest BCUT2D eigenvalue weighted by atomic mass is 79.9. The Morgan fingerprint density at radius 1 is 1.00 bits per heavy atom. The first-order chi connectivity index (χ1) is 15.1. The number of benzene rings is 2. The van der Waals surface area contributed by atoms with Crippen LogP contribution in [0, 0.1) is 25.5 Å². The van der Waals surface area contributed by atoms with Gasteiger partial charge in [0.15, 0.2) is 10.9 Å². The van der Waals surface area contributed by atoms with E-state index >= 15 is 0 Å². The van der Waals surface area contributed by atoms with Gasteiger partial charge in [-0.3, -0.25) is 0 Å². The Labute approximate surface area is 206 Å². The number of anilines is 1. The number of nitrogens with zero attached hydrogens (tertiary/aromatic N) is 3. The lowest BCUT2D eigenvalue weighted by atomic mass is 10.1. The predicted octanol–water partition coefficient (Wildman–Crippen LogP) is 5.74. The summed E-state index contributed by atoms with van der Waals surface area (Å²) in [4.78, 5) is 6.06. The molecule has 0 saturated carbocycles. The molecule has 11 heteroatoms. The van der Waals surface area contributed by atoms with Gasteiger partial charge in [0.25, 0.3) is 0 Å². The number of thiazole rings is 1. The Morgan fingerprint density at radius 3 is 2.25 bits per heavy atom. The molecule has 1 aliphatic rings. The predicted molar refractivity (Wildman–Crippen MR) is 130 cm³/mol. The van der Waals surface area contributed by atoms with Crippen molar-refractivity contribution in [2.45, 2.75) is 18.7 Å². The van der Waals surface area contributed by atoms with Crippen LogP contribution < -0.4 is 4.90 Å². The second kappa shape index (κ2) is 9.09. The first-order valence-corrected chi connectivity index (χ1v) is 13.6. The van der Waals surface area contributed by atoms with Crippen molar-refractivity contribution in [1.82, 2.24) is 9.29 Å². The summed E-state index contributed by atoms with van der Waals surface area (Å²) in [6.45, 7) is 5.16. The van der Waals surface area contributed by atoms with Gasteiger partial charge >= 0.3 is 0 Å². The summed E-state index contributed by atoms with van der Waals surface area (Å²) < 4.78 is 55.3. The van der Waals surface area contributed by atoms with E-state index < -0.39 is 31.0 Å². The highest BCUT2D eigenvalue weighted by molar-refractivity contribution is 9.11. The number of sulfonamides is 1. The van der Waals surface area contributed by atoms with Crippen molar-refractivity contribution in [3.63, 3.8) is 0 Å². The van der Waals surface area contributed by atoms with Crippen LogP contribution in [-0.4, -0.2) is 43.9 Å². The minimum Gasteiger partial charge on any atom is -0.345 e. The summed E-state index contributed by atoms with van der Waals surface area (Å²) in [6.07, 6.45) is 0. The standard InChI is InChI=1S/C21H19Br2F2N3O2S2/c1-12-7-13(2)9-14(8-12)17-11-31-21(26-17)27-3-5-28(6-4-27)32(29,30)20-18(23)16(24)10-15(22)19(20)25/h7-11H,3-6H2,1-2H3. The Kier molecular flexibility index (Phi) is 6.75. The van der Waals surface area contributed by atoms with E-state index in [1.54, 1.807) is 0 Å². The molecule has 0 N–H and O–H groups in total. The number of hydrogen-bond donors (Lipinski definition) is 0. The molecule has 3 aromatic rings. The lowest BCUT2D eigenvalue weighted by Crippen LogP contribution is -2.48. The number of aryl methyl sites for hydroxylation is 2. The molecule has 0 aliphatic carbocycles. The fraction of sp³-hybridized carbons (Fsp3) is 0.286. The molecule has 0 unspecified atom stereocenters. The van der Waals surface area contributed by atoms with Crippen molar-refractivity contribution in [2.75, 3.05) is 31.1 Å². The fourth-order valence-corrected chi connectivity index (χ4v) is 7.58. The van der Waals surface area contributed by atoms with Crippen LogP contribution in [0.15, 0.2) is 43.5 Å². The van der Waals surface area contributed by atoms with Gasteiger partial charge in [-0.1, -0.05) is 17.2 Å². The molecule has 5 nitrogen and oxygen atoms in total. The molecule has 0 spiro atoms. The zero-order valence-electron chi connectivity index (χ0n) is 17.2. The van der Waals surface area contributed by atoms with Gasteiger partial charge in [-0.2, -0.15) is 4.31 Å². The number of aromatic nitrogens is 1. The molecule has 0 radical (unpaired) electrons. The smallest absolute Gasteiger partial charge is 0.247 e. The molecule has 4 rings (SSSR count). The van der Waals surface area contributed by atoms with Crippen LogP contribution in [0.3, 0.4) is 0 Å². The molecular weight excluding hydrogens is 588 g/mol. The molecule has 32 heavy (non-hydrogen) atoms. The van der Waals surface area contributed by atoms with E-state index in [-0.39, 0.29) is 17.6 Å². The zero-order valence-corrected chi connectivity index (χ0v) is 22.0. The largest absolute Gasteiger partial charge is 0.345 e. The van der Waals surface area contributed by atoms with Gasteiger partial charge in [0.05, 0.1) is 14.6 Å². The molecule has 1 saturated heterocycles. The number of halogens is 4. The van der Waals surface area contributed by atoms with E-state index in [0.29, 0.717) is 13.1 Å². The van der Waals surface area contributed by atoms with Crippen LogP contribution in [0.25, 0.3) is 11.3 Å². The van der Waals surface area contributed by atoms with Gasteiger partial charge in [-0.25, -0.2) is 22.2 Å². The van der Waals surface area contributed by atoms with E-state index in [1.165, 1.54) is 15.6 Å². The number of hydrogen-bond acceptors (Lipinski definition) is 5. The Balaban J connectivity index is 1.52. The van der Waals surface area contributed by atoms with Crippen LogP contribution >= 0.6 is 43.2 Å². The highest BCUT2D eigenvalue weighted by Crippen LogP contribution is 2.35. The SMILES string of the molecule is Cc1cc(C)cc(-c2csc(N3CCN(S(=O)(=O)c4c(F)c(Br)cc(F)c4Br)CC3)n2)c1. The third-order valence-electron chi connectivity index (χ3n) is 5.19. The summed E-state index contributed by atoms with van der Waals surface area (Å²) in [5.41, 5.74) is 4.25. The fourth-order valence-electron chi connectivity index (χ4n) is 3.69. The van der Waals surface area contributed by atoms with E-state index in [1.807, 2.05) is 24.1 Å². The minimum absolute atomic E-state index is 0.140. The van der Waals surface area contributed by atoms with Gasteiger partial charge in [0, 0.05) is 37.1 Å². The first-order valence-electron chi connectivity index (χ1n) is 9.70. The maximum atomic E-state index is 14.6. The summed E-state index contributed by atoms with van der Waals surface area (Å²) in [5, 5.41) is 2.79. The monoisotopic (exact) mass is 605 g/mol. The maximum Gasteiger partial charge on any atom is 0.247 e. The van der Waals surface area contributed by atoms with Crippen LogP contribution in [0.5, 0.6) is 0 Å². The van der Waals surface area contributed by atoms with Crippen molar-refractivity contribution in [3.05, 3.63) is 61.4 Å².